The van der Waals surface area contributed by atoms with Crippen molar-refractivity contribution in [3.8, 4) is 11.5 Å². The van der Waals surface area contributed by atoms with E-state index in [2.05, 4.69) is 10.3 Å². The number of ether oxygens (including phenoxy) is 2. The first kappa shape index (κ1) is 17.3. The molecular formula is C20H20N2O5. The average molecular weight is 368 g/mol. The number of H-pyrrole nitrogens is 1. The molecule has 2 heterocycles. The molecule has 1 aromatic carbocycles. The van der Waals surface area contributed by atoms with Gasteiger partial charge in [-0.2, -0.15) is 0 Å². The van der Waals surface area contributed by atoms with Gasteiger partial charge < -0.3 is 19.8 Å². The van der Waals surface area contributed by atoms with Crippen molar-refractivity contribution in [2.45, 2.75) is 25.9 Å². The van der Waals surface area contributed by atoms with Gasteiger partial charge in [-0.25, -0.2) is 0 Å². The Morgan fingerprint density at radius 3 is 2.81 bits per heavy atom. The molecule has 2 aromatic rings. The first-order valence-corrected chi connectivity index (χ1v) is 8.97. The van der Waals surface area contributed by atoms with Crippen LogP contribution in [0.5, 0.6) is 11.5 Å². The summed E-state index contributed by atoms with van der Waals surface area (Å²) in [5, 5.41) is 2.70. The van der Waals surface area contributed by atoms with Gasteiger partial charge in [0.2, 0.25) is 0 Å². The molecule has 0 spiro atoms. The Labute approximate surface area is 155 Å². The third-order valence-electron chi connectivity index (χ3n) is 4.81. The fourth-order valence-corrected chi connectivity index (χ4v) is 3.46. The number of ketones is 1. The molecular weight excluding hydrogens is 348 g/mol. The summed E-state index contributed by atoms with van der Waals surface area (Å²) in [7, 11) is 0. The van der Waals surface area contributed by atoms with Crippen LogP contribution in [0.15, 0.2) is 35.1 Å². The number of nitrogens with one attached hydrogen (secondary N) is 2. The van der Waals surface area contributed by atoms with Gasteiger partial charge in [-0.05, 0) is 30.5 Å². The van der Waals surface area contributed by atoms with Crippen LogP contribution in [0.3, 0.4) is 0 Å². The van der Waals surface area contributed by atoms with Crippen LogP contribution in [0.4, 0.5) is 0 Å². The number of benzene rings is 1. The zero-order valence-electron chi connectivity index (χ0n) is 14.9. The molecule has 1 aromatic heterocycles. The number of rotatable bonds is 3. The first-order valence-electron chi connectivity index (χ1n) is 8.97. The van der Waals surface area contributed by atoms with E-state index < -0.39 is 11.5 Å². The number of hydrogen-bond donors (Lipinski definition) is 2. The lowest BCUT2D eigenvalue weighted by atomic mass is 9.86. The topological polar surface area (TPSA) is 97.5 Å². The van der Waals surface area contributed by atoms with E-state index in [1.807, 2.05) is 25.1 Å². The molecule has 0 saturated heterocycles. The molecule has 2 aliphatic rings. The van der Waals surface area contributed by atoms with Gasteiger partial charge in [0.05, 0.1) is 6.54 Å². The van der Waals surface area contributed by atoms with E-state index in [-0.39, 0.29) is 29.9 Å². The second kappa shape index (κ2) is 6.90. The first-order chi connectivity index (χ1) is 13.0. The van der Waals surface area contributed by atoms with Crippen LogP contribution in [-0.4, -0.2) is 35.9 Å². The molecule has 7 nitrogen and oxygen atoms in total. The van der Waals surface area contributed by atoms with Crippen LogP contribution in [0.2, 0.25) is 0 Å². The highest BCUT2D eigenvalue weighted by molar-refractivity contribution is 6.01. The van der Waals surface area contributed by atoms with E-state index in [4.69, 9.17) is 9.47 Å². The van der Waals surface area contributed by atoms with E-state index in [1.165, 1.54) is 6.07 Å². The van der Waals surface area contributed by atoms with Gasteiger partial charge in [-0.15, -0.1) is 0 Å². The highest BCUT2D eigenvalue weighted by Crippen LogP contribution is 2.30. The number of carbonyl (C=O) groups excluding carboxylic acids is 2. The third-order valence-corrected chi connectivity index (χ3v) is 4.81. The van der Waals surface area contributed by atoms with Crippen molar-refractivity contribution in [3.05, 3.63) is 57.5 Å². The summed E-state index contributed by atoms with van der Waals surface area (Å²) in [6.45, 7) is 2.45. The van der Waals surface area contributed by atoms with Crippen LogP contribution in [0.1, 0.15) is 39.8 Å². The summed E-state index contributed by atoms with van der Waals surface area (Å²) >= 11 is 0. The number of carbonyl (C=O) groups is 2. The van der Waals surface area contributed by atoms with Crippen molar-refractivity contribution in [2.75, 3.05) is 13.2 Å². The second-order valence-corrected chi connectivity index (χ2v) is 7.05. The largest absolute Gasteiger partial charge is 0.486 e. The zero-order chi connectivity index (χ0) is 19.0. The number of para-hydroxylation sites is 2. The number of hydrogen-bond acceptors (Lipinski definition) is 5. The molecule has 0 saturated carbocycles. The highest BCUT2D eigenvalue weighted by atomic mass is 16.6. The summed E-state index contributed by atoms with van der Waals surface area (Å²) in [4.78, 5) is 39.7. The molecule has 0 fully saturated rings. The molecule has 4 rings (SSSR count). The minimum Gasteiger partial charge on any atom is -0.486 e. The van der Waals surface area contributed by atoms with Crippen LogP contribution in [0.25, 0.3) is 0 Å². The summed E-state index contributed by atoms with van der Waals surface area (Å²) < 4.78 is 11.4. The Kier molecular flexibility index (Phi) is 4.43. The molecule has 1 aliphatic carbocycles. The van der Waals surface area contributed by atoms with Gasteiger partial charge >= 0.3 is 0 Å². The fraction of sp³-hybridized carbons (Fsp3) is 0.350. The lowest BCUT2D eigenvalue weighted by molar-refractivity contribution is 0.0788. The van der Waals surface area contributed by atoms with Crippen LogP contribution in [0, 0.1) is 5.92 Å². The van der Waals surface area contributed by atoms with Gasteiger partial charge in [-0.1, -0.05) is 19.1 Å². The average Bonchev–Trinajstić information content (AvgIpc) is 2.65. The lowest BCUT2D eigenvalue weighted by Gasteiger charge is -2.26. The Hall–Kier alpha value is -3.09. The number of amides is 1. The number of aromatic amines is 1. The minimum absolute atomic E-state index is 0.0466. The zero-order valence-corrected chi connectivity index (χ0v) is 14.9. The van der Waals surface area contributed by atoms with E-state index in [1.54, 1.807) is 6.07 Å². The predicted molar refractivity (Wildman–Crippen MR) is 97.6 cm³/mol. The van der Waals surface area contributed by atoms with E-state index in [0.717, 1.165) is 0 Å². The Balaban J connectivity index is 1.46. The maximum atomic E-state index is 12.5. The van der Waals surface area contributed by atoms with E-state index in [0.29, 0.717) is 42.2 Å². The molecule has 7 heteroatoms. The molecule has 2 unspecified atom stereocenters. The minimum atomic E-state index is -0.534. The summed E-state index contributed by atoms with van der Waals surface area (Å²) in [6, 6.07) is 8.71. The molecule has 2 atom stereocenters. The van der Waals surface area contributed by atoms with Crippen molar-refractivity contribution >= 4 is 11.7 Å². The summed E-state index contributed by atoms with van der Waals surface area (Å²) in [5.74, 6) is 0.891. The molecule has 140 valence electrons. The van der Waals surface area contributed by atoms with Crippen molar-refractivity contribution in [3.63, 3.8) is 0 Å². The SMILES string of the molecule is CC1CC(=O)c2cc(C(=O)NCC3COc4ccccc4O3)c(=O)[nH]c2C1. The van der Waals surface area contributed by atoms with Crippen LogP contribution < -0.4 is 20.3 Å². The molecule has 2 N–H and O–H groups in total. The van der Waals surface area contributed by atoms with Crippen LogP contribution in [-0.2, 0) is 6.42 Å². The predicted octanol–water partition coefficient (Wildman–Crippen LogP) is 1.71. The number of fused-ring (bicyclic) bond motifs is 2. The van der Waals surface area contributed by atoms with Crippen molar-refractivity contribution in [2.24, 2.45) is 5.92 Å². The fourth-order valence-electron chi connectivity index (χ4n) is 3.46. The molecule has 1 amide bonds. The molecule has 27 heavy (non-hydrogen) atoms. The number of Topliss-reactive ketones (excluding diaryl/α,β-unsaturated/α-hetero) is 1. The van der Waals surface area contributed by atoms with Crippen molar-refractivity contribution in [1.82, 2.24) is 10.3 Å². The maximum Gasteiger partial charge on any atom is 0.261 e. The Bertz CT molecular complexity index is 965. The number of aromatic nitrogens is 1. The monoisotopic (exact) mass is 368 g/mol. The quantitative estimate of drug-likeness (QED) is 0.860. The third kappa shape index (κ3) is 3.45. The van der Waals surface area contributed by atoms with Crippen molar-refractivity contribution < 1.29 is 19.1 Å². The normalized spacial score (nSPS) is 20.7. The smallest absolute Gasteiger partial charge is 0.261 e. The molecule has 0 radical (unpaired) electrons. The van der Waals surface area contributed by atoms with Gasteiger partial charge in [-0.3, -0.25) is 14.4 Å². The number of pyridine rings is 1. The second-order valence-electron chi connectivity index (χ2n) is 7.05. The summed E-state index contributed by atoms with van der Waals surface area (Å²) in [6.07, 6.45) is 0.695. The van der Waals surface area contributed by atoms with Crippen molar-refractivity contribution in [1.29, 1.82) is 0 Å². The standard InChI is InChI=1S/C20H20N2O5/c1-11-6-15-13(16(23)7-11)8-14(20(25)22-15)19(24)21-9-12-10-26-17-4-2-3-5-18(17)27-12/h2-5,8,11-12H,6-7,9-10H2,1H3,(H,21,24)(H,22,25). The Morgan fingerprint density at radius 1 is 1.22 bits per heavy atom. The van der Waals surface area contributed by atoms with Gasteiger partial charge in [0.25, 0.3) is 11.5 Å². The Morgan fingerprint density at radius 2 is 2.00 bits per heavy atom. The van der Waals surface area contributed by atoms with E-state index >= 15 is 0 Å². The highest BCUT2D eigenvalue weighted by Gasteiger charge is 2.26. The van der Waals surface area contributed by atoms with Gasteiger partial charge in [0.1, 0.15) is 18.3 Å². The summed E-state index contributed by atoms with van der Waals surface area (Å²) in [5.41, 5.74) is 0.498. The molecule has 0 bridgehead atoms. The van der Waals surface area contributed by atoms with Gasteiger partial charge in [0.15, 0.2) is 17.3 Å². The van der Waals surface area contributed by atoms with Gasteiger partial charge in [0, 0.05) is 17.7 Å². The molecule has 1 aliphatic heterocycles. The maximum absolute atomic E-state index is 12.5. The lowest BCUT2D eigenvalue weighted by Crippen LogP contribution is -2.42. The van der Waals surface area contributed by atoms with Crippen LogP contribution >= 0.6 is 0 Å². The van der Waals surface area contributed by atoms with E-state index in [9.17, 15) is 14.4 Å².